The van der Waals surface area contributed by atoms with E-state index in [9.17, 15) is 24.3 Å². The molecule has 3 fully saturated rings. The second-order valence-corrected chi connectivity index (χ2v) is 12.2. The Morgan fingerprint density at radius 2 is 1.68 bits per heavy atom. The number of phenolic OH excluding ortho intramolecular Hbond substituents is 1. The van der Waals surface area contributed by atoms with Crippen molar-refractivity contribution in [2.45, 2.75) is 28.5 Å². The molecule has 2 aliphatic carbocycles. The van der Waals surface area contributed by atoms with E-state index in [-0.39, 0.29) is 30.4 Å². The van der Waals surface area contributed by atoms with Crippen LogP contribution >= 0.6 is 39.1 Å². The molecule has 0 aromatic heterocycles. The van der Waals surface area contributed by atoms with E-state index in [1.807, 2.05) is 6.08 Å². The summed E-state index contributed by atoms with van der Waals surface area (Å²) in [6, 6.07) is 13.2. The Morgan fingerprint density at radius 3 is 2.35 bits per heavy atom. The molecule has 190 valence electrons. The molecule has 0 radical (unpaired) electrons. The fraction of sp³-hybridized carbons (Fsp3) is 0.333. The van der Waals surface area contributed by atoms with Gasteiger partial charge in [0.05, 0.1) is 17.5 Å². The quantitative estimate of drug-likeness (QED) is 0.313. The third kappa shape index (κ3) is 3.12. The van der Waals surface area contributed by atoms with E-state index in [2.05, 4.69) is 15.9 Å². The van der Waals surface area contributed by atoms with Gasteiger partial charge in [-0.3, -0.25) is 29.0 Å². The van der Waals surface area contributed by atoms with Crippen LogP contribution in [0.4, 0.5) is 5.69 Å². The van der Waals surface area contributed by atoms with Gasteiger partial charge in [0.25, 0.3) is 11.8 Å². The zero-order valence-electron chi connectivity index (χ0n) is 19.5. The number of amides is 4. The standard InChI is InChI=1S/C27H21BrCl2N2O5/c1-31-24(36)26(29)12-19-17(21(27(26,30)25(31)37)13-3-2-4-16(33)11-13)9-10-18-20(19)23(35)32(22(18)34)15-7-5-14(28)6-8-15/h2-9,11,18-21,33H,10,12H2,1H3/t18-,19+,20-,21-,26+,27-/m0/s1. The number of benzene rings is 2. The fourth-order valence-electron chi connectivity index (χ4n) is 6.67. The molecule has 2 heterocycles. The maximum Gasteiger partial charge on any atom is 0.253 e. The molecule has 0 spiro atoms. The Hall–Kier alpha value is -2.68. The highest BCUT2D eigenvalue weighted by molar-refractivity contribution is 9.10. The van der Waals surface area contributed by atoms with E-state index in [0.29, 0.717) is 16.8 Å². The van der Waals surface area contributed by atoms with E-state index in [1.165, 1.54) is 24.1 Å². The minimum atomic E-state index is -1.86. The molecule has 1 N–H and O–H groups in total. The fourth-order valence-corrected chi connectivity index (χ4v) is 7.95. The number of likely N-dealkylation sites (tertiary alicyclic amines) is 1. The molecule has 0 bridgehead atoms. The molecule has 1 saturated carbocycles. The van der Waals surface area contributed by atoms with Crippen molar-refractivity contribution in [2.24, 2.45) is 17.8 Å². The first kappa shape index (κ1) is 24.6. The molecule has 4 amide bonds. The summed E-state index contributed by atoms with van der Waals surface area (Å²) in [5.41, 5.74) is 1.66. The van der Waals surface area contributed by atoms with Crippen LogP contribution in [0.25, 0.3) is 0 Å². The SMILES string of the molecule is CN1C(=O)[C@]2(Cl)C[C@@H]3C(=CC[C@@H]4C(=O)N(c5ccc(Br)cc5)C(=O)[C@@H]43)[C@H](c3cccc(O)c3)[C@]2(Cl)C1=O. The van der Waals surface area contributed by atoms with Crippen LogP contribution in [0, 0.1) is 17.8 Å². The lowest BCUT2D eigenvalue weighted by Gasteiger charge is -2.50. The third-order valence-corrected chi connectivity index (χ3v) is 10.2. The number of phenols is 1. The summed E-state index contributed by atoms with van der Waals surface area (Å²) in [4.78, 5) is 52.7. The highest BCUT2D eigenvalue weighted by Gasteiger charge is 2.75. The van der Waals surface area contributed by atoms with Crippen molar-refractivity contribution in [2.75, 3.05) is 11.9 Å². The van der Waals surface area contributed by atoms with Crippen LogP contribution in [0.3, 0.4) is 0 Å². The summed E-state index contributed by atoms with van der Waals surface area (Å²) < 4.78 is 0.814. The third-order valence-electron chi connectivity index (χ3n) is 8.30. The number of carbonyl (C=O) groups is 4. The topological polar surface area (TPSA) is 95.0 Å². The highest BCUT2D eigenvalue weighted by Crippen LogP contribution is 2.65. The Kier molecular flexibility index (Phi) is 5.43. The Labute approximate surface area is 231 Å². The predicted octanol–water partition coefficient (Wildman–Crippen LogP) is 4.35. The molecule has 10 heteroatoms. The molecule has 2 aromatic carbocycles. The molecular weight excluding hydrogens is 583 g/mol. The number of imide groups is 2. The van der Waals surface area contributed by atoms with Crippen molar-refractivity contribution < 1.29 is 24.3 Å². The summed E-state index contributed by atoms with van der Waals surface area (Å²) >= 11 is 17.6. The van der Waals surface area contributed by atoms with Crippen LogP contribution in [-0.4, -0.2) is 50.4 Å². The Morgan fingerprint density at radius 1 is 0.973 bits per heavy atom. The smallest absolute Gasteiger partial charge is 0.253 e. The minimum Gasteiger partial charge on any atom is -0.508 e. The molecule has 0 unspecified atom stereocenters. The monoisotopic (exact) mass is 602 g/mol. The maximum absolute atomic E-state index is 13.9. The van der Waals surface area contributed by atoms with Gasteiger partial charge in [-0.15, -0.1) is 23.2 Å². The number of alkyl halides is 2. The number of allylic oxidation sites excluding steroid dienone is 2. The normalized spacial score (nSPS) is 34.9. The number of rotatable bonds is 2. The number of fused-ring (bicyclic) bond motifs is 4. The van der Waals surface area contributed by atoms with Crippen LogP contribution in [0.2, 0.25) is 0 Å². The molecule has 2 aromatic rings. The van der Waals surface area contributed by atoms with Gasteiger partial charge >= 0.3 is 0 Å². The number of halogens is 3. The molecule has 4 aliphatic rings. The highest BCUT2D eigenvalue weighted by atomic mass is 79.9. The summed E-state index contributed by atoms with van der Waals surface area (Å²) in [5.74, 6) is -4.84. The molecule has 2 aliphatic heterocycles. The van der Waals surface area contributed by atoms with Crippen molar-refractivity contribution in [1.82, 2.24) is 4.90 Å². The second-order valence-electron chi connectivity index (χ2n) is 10.1. The van der Waals surface area contributed by atoms with Gasteiger partial charge in [0.15, 0.2) is 9.75 Å². The van der Waals surface area contributed by atoms with Gasteiger partial charge in [-0.1, -0.05) is 39.7 Å². The number of hydrogen-bond donors (Lipinski definition) is 1. The van der Waals surface area contributed by atoms with Gasteiger partial charge in [-0.05, 0) is 60.7 Å². The lowest BCUT2D eigenvalue weighted by atomic mass is 9.56. The van der Waals surface area contributed by atoms with Gasteiger partial charge in [-0.25, -0.2) is 0 Å². The van der Waals surface area contributed by atoms with Gasteiger partial charge in [0.1, 0.15) is 5.75 Å². The van der Waals surface area contributed by atoms with Crippen molar-refractivity contribution in [3.8, 4) is 5.75 Å². The maximum atomic E-state index is 13.9. The molecular formula is C27H21BrCl2N2O5. The van der Waals surface area contributed by atoms with Crippen LogP contribution in [0.1, 0.15) is 24.3 Å². The molecule has 7 nitrogen and oxygen atoms in total. The van der Waals surface area contributed by atoms with Gasteiger partial charge in [0, 0.05) is 17.4 Å². The first-order chi connectivity index (χ1) is 17.5. The summed E-state index contributed by atoms with van der Waals surface area (Å²) in [5, 5.41) is 10.2. The van der Waals surface area contributed by atoms with Gasteiger partial charge in [0.2, 0.25) is 11.8 Å². The molecule has 37 heavy (non-hydrogen) atoms. The van der Waals surface area contributed by atoms with E-state index >= 15 is 0 Å². The number of carbonyl (C=O) groups excluding carboxylic acids is 4. The van der Waals surface area contributed by atoms with Crippen molar-refractivity contribution in [3.63, 3.8) is 0 Å². The number of aromatic hydroxyl groups is 1. The van der Waals surface area contributed by atoms with Gasteiger partial charge in [-0.2, -0.15) is 0 Å². The first-order valence-electron chi connectivity index (χ1n) is 11.8. The number of anilines is 1. The molecule has 6 rings (SSSR count). The van der Waals surface area contributed by atoms with E-state index < -0.39 is 45.2 Å². The zero-order valence-corrected chi connectivity index (χ0v) is 22.6. The van der Waals surface area contributed by atoms with Gasteiger partial charge < -0.3 is 5.11 Å². The summed E-state index contributed by atoms with van der Waals surface area (Å²) in [7, 11) is 1.34. The Balaban J connectivity index is 1.51. The predicted molar refractivity (Wildman–Crippen MR) is 140 cm³/mol. The minimum absolute atomic E-state index is 0.0343. The van der Waals surface area contributed by atoms with Crippen LogP contribution in [0.15, 0.2) is 64.7 Å². The average molecular weight is 604 g/mol. The largest absolute Gasteiger partial charge is 0.508 e. The number of hydrogen-bond acceptors (Lipinski definition) is 5. The second kappa shape index (κ2) is 8.16. The number of nitrogens with zero attached hydrogens (tertiary/aromatic N) is 2. The summed E-state index contributed by atoms with van der Waals surface area (Å²) in [6.07, 6.45) is 2.08. The van der Waals surface area contributed by atoms with Crippen molar-refractivity contribution >= 4 is 68.4 Å². The van der Waals surface area contributed by atoms with Crippen LogP contribution in [-0.2, 0) is 19.2 Å². The molecule has 2 saturated heterocycles. The van der Waals surface area contributed by atoms with E-state index in [0.717, 1.165) is 9.37 Å². The van der Waals surface area contributed by atoms with E-state index in [1.54, 1.807) is 36.4 Å². The lowest BCUT2D eigenvalue weighted by molar-refractivity contribution is -0.138. The molecule has 6 atom stereocenters. The average Bonchev–Trinajstić information content (AvgIpc) is 3.19. The summed E-state index contributed by atoms with van der Waals surface area (Å²) in [6.45, 7) is 0. The van der Waals surface area contributed by atoms with Crippen LogP contribution in [0.5, 0.6) is 5.75 Å². The van der Waals surface area contributed by atoms with Crippen LogP contribution < -0.4 is 4.90 Å². The zero-order chi connectivity index (χ0) is 26.4. The Bertz CT molecular complexity index is 1430. The lowest BCUT2D eigenvalue weighted by Crippen LogP contribution is -2.60. The van der Waals surface area contributed by atoms with Crippen molar-refractivity contribution in [1.29, 1.82) is 0 Å². The first-order valence-corrected chi connectivity index (χ1v) is 13.4. The van der Waals surface area contributed by atoms with Crippen molar-refractivity contribution in [3.05, 3.63) is 70.2 Å². The van der Waals surface area contributed by atoms with E-state index in [4.69, 9.17) is 23.2 Å².